The molecule has 0 unspecified atom stereocenters. The number of aliphatic carboxylic acids is 1. The zero-order valence-electron chi connectivity index (χ0n) is 9.24. The smallest absolute Gasteiger partial charge is 0.308 e. The largest absolute Gasteiger partial charge is 0.481 e. The van der Waals surface area contributed by atoms with Gasteiger partial charge in [-0.15, -0.1) is 0 Å². The third-order valence-corrected chi connectivity index (χ3v) is 2.87. The number of carbonyl (C=O) groups is 2. The molecule has 1 N–H and O–H groups in total. The Kier molecular flexibility index (Phi) is 3.32. The van der Waals surface area contributed by atoms with Gasteiger partial charge in [-0.05, 0) is 12.8 Å². The second-order valence-electron chi connectivity index (χ2n) is 4.06. The average molecular weight is 235 g/mol. The third kappa shape index (κ3) is 2.58. The Bertz CT molecular complexity index is 421. The van der Waals surface area contributed by atoms with E-state index in [1.54, 1.807) is 4.90 Å². The first kappa shape index (κ1) is 11.5. The number of carboxylic acids is 1. The Labute approximate surface area is 98.3 Å². The highest BCUT2D eigenvalue weighted by Gasteiger charge is 2.28. The summed E-state index contributed by atoms with van der Waals surface area (Å²) in [7, 11) is 0. The van der Waals surface area contributed by atoms with Gasteiger partial charge in [0.15, 0.2) is 0 Å². The van der Waals surface area contributed by atoms with E-state index in [0.29, 0.717) is 18.5 Å². The van der Waals surface area contributed by atoms with Crippen molar-refractivity contribution in [3.05, 3.63) is 24.3 Å². The van der Waals surface area contributed by atoms with Gasteiger partial charge < -0.3 is 10.0 Å². The van der Waals surface area contributed by atoms with Crippen LogP contribution in [-0.2, 0) is 4.79 Å². The third-order valence-electron chi connectivity index (χ3n) is 2.87. The fourth-order valence-corrected chi connectivity index (χ4v) is 1.96. The molecule has 0 spiro atoms. The molecule has 2 rings (SSSR count). The number of rotatable bonds is 2. The summed E-state index contributed by atoms with van der Waals surface area (Å²) in [5.74, 6) is -1.50. The summed E-state index contributed by atoms with van der Waals surface area (Å²) in [5, 5.41) is 8.95. The normalized spacial score (nSPS) is 20.0. The first-order chi connectivity index (χ1) is 8.18. The van der Waals surface area contributed by atoms with E-state index in [-0.39, 0.29) is 12.5 Å². The highest BCUT2D eigenvalue weighted by Crippen LogP contribution is 2.18. The number of carbonyl (C=O) groups excluding carboxylic acids is 1. The molecule has 1 aromatic heterocycles. The maximum atomic E-state index is 12.0. The van der Waals surface area contributed by atoms with Crippen molar-refractivity contribution < 1.29 is 14.7 Å². The Hall–Kier alpha value is -1.98. The molecule has 0 saturated carbocycles. The van der Waals surface area contributed by atoms with E-state index in [2.05, 4.69) is 9.97 Å². The van der Waals surface area contributed by atoms with Crippen molar-refractivity contribution in [1.29, 1.82) is 0 Å². The second-order valence-corrected chi connectivity index (χ2v) is 4.06. The lowest BCUT2D eigenvalue weighted by molar-refractivity contribution is -0.143. The lowest BCUT2D eigenvalue weighted by atomic mass is 9.98. The maximum Gasteiger partial charge on any atom is 0.308 e. The van der Waals surface area contributed by atoms with Crippen LogP contribution in [0.2, 0.25) is 0 Å². The van der Waals surface area contributed by atoms with E-state index in [0.717, 1.165) is 6.42 Å². The van der Waals surface area contributed by atoms with Crippen LogP contribution in [-0.4, -0.2) is 44.9 Å². The molecule has 1 aliphatic heterocycles. The van der Waals surface area contributed by atoms with E-state index in [1.165, 1.54) is 18.7 Å². The van der Waals surface area contributed by atoms with Crippen molar-refractivity contribution in [2.24, 2.45) is 5.92 Å². The van der Waals surface area contributed by atoms with Crippen LogP contribution in [0.4, 0.5) is 0 Å². The highest BCUT2D eigenvalue weighted by atomic mass is 16.4. The molecule has 1 fully saturated rings. The van der Waals surface area contributed by atoms with Crippen LogP contribution in [0.15, 0.2) is 18.7 Å². The van der Waals surface area contributed by atoms with Gasteiger partial charge >= 0.3 is 5.97 Å². The van der Waals surface area contributed by atoms with Crippen molar-refractivity contribution in [2.75, 3.05) is 13.1 Å². The molecule has 0 bridgehead atoms. The maximum absolute atomic E-state index is 12.0. The molecule has 0 aliphatic carbocycles. The SMILES string of the molecule is O=C(O)[C@H]1CCCN(C(=O)c2cncnc2)C1. The van der Waals surface area contributed by atoms with E-state index in [4.69, 9.17) is 5.11 Å². The molecule has 90 valence electrons. The minimum absolute atomic E-state index is 0.198. The van der Waals surface area contributed by atoms with E-state index >= 15 is 0 Å². The summed E-state index contributed by atoms with van der Waals surface area (Å²) in [6, 6.07) is 0. The van der Waals surface area contributed by atoms with Gasteiger partial charge in [-0.3, -0.25) is 9.59 Å². The molecule has 1 saturated heterocycles. The van der Waals surface area contributed by atoms with Crippen LogP contribution in [0.5, 0.6) is 0 Å². The topological polar surface area (TPSA) is 83.4 Å². The van der Waals surface area contributed by atoms with E-state index in [1.807, 2.05) is 0 Å². The number of hydrogen-bond acceptors (Lipinski definition) is 4. The standard InChI is InChI=1S/C11H13N3O3/c15-10(9-4-12-7-13-5-9)14-3-1-2-8(6-14)11(16)17/h4-5,7-8H,1-3,6H2,(H,16,17)/t8-/m0/s1. The number of likely N-dealkylation sites (tertiary alicyclic amines) is 1. The summed E-state index contributed by atoms with van der Waals surface area (Å²) >= 11 is 0. The molecule has 1 aliphatic rings. The molecular weight excluding hydrogens is 222 g/mol. The van der Waals surface area contributed by atoms with Gasteiger partial charge in [0.25, 0.3) is 5.91 Å². The highest BCUT2D eigenvalue weighted by molar-refractivity contribution is 5.93. The number of carboxylic acid groups (broad SMARTS) is 1. The van der Waals surface area contributed by atoms with Crippen LogP contribution < -0.4 is 0 Å². The van der Waals surface area contributed by atoms with Crippen molar-refractivity contribution in [2.45, 2.75) is 12.8 Å². The van der Waals surface area contributed by atoms with Crippen LogP contribution in [0.3, 0.4) is 0 Å². The Balaban J connectivity index is 2.07. The fourth-order valence-electron chi connectivity index (χ4n) is 1.96. The molecule has 1 atom stereocenters. The quantitative estimate of drug-likeness (QED) is 0.802. The molecule has 6 nitrogen and oxygen atoms in total. The Morgan fingerprint density at radius 1 is 1.35 bits per heavy atom. The summed E-state index contributed by atoms with van der Waals surface area (Å²) in [6.45, 7) is 0.862. The van der Waals surface area contributed by atoms with Gasteiger partial charge in [0.05, 0.1) is 11.5 Å². The Morgan fingerprint density at radius 3 is 2.71 bits per heavy atom. The van der Waals surface area contributed by atoms with Gasteiger partial charge in [0.1, 0.15) is 6.33 Å². The summed E-state index contributed by atoms with van der Waals surface area (Å²) < 4.78 is 0. The average Bonchev–Trinajstić information content (AvgIpc) is 2.39. The van der Waals surface area contributed by atoms with E-state index < -0.39 is 11.9 Å². The molecule has 17 heavy (non-hydrogen) atoms. The van der Waals surface area contributed by atoms with Crippen molar-refractivity contribution >= 4 is 11.9 Å². The van der Waals surface area contributed by atoms with Crippen LogP contribution >= 0.6 is 0 Å². The molecular formula is C11H13N3O3. The first-order valence-electron chi connectivity index (χ1n) is 5.45. The predicted molar refractivity (Wildman–Crippen MR) is 58.3 cm³/mol. The monoisotopic (exact) mass is 235 g/mol. The molecule has 0 aromatic carbocycles. The van der Waals surface area contributed by atoms with Gasteiger partial charge in [-0.2, -0.15) is 0 Å². The van der Waals surface area contributed by atoms with Crippen molar-refractivity contribution in [3.8, 4) is 0 Å². The van der Waals surface area contributed by atoms with Gasteiger partial charge in [0, 0.05) is 25.5 Å². The van der Waals surface area contributed by atoms with Crippen molar-refractivity contribution in [1.82, 2.24) is 14.9 Å². The van der Waals surface area contributed by atoms with Crippen molar-refractivity contribution in [3.63, 3.8) is 0 Å². The minimum atomic E-state index is -0.841. The number of piperidine rings is 1. The van der Waals surface area contributed by atoms with Crippen LogP contribution in [0.25, 0.3) is 0 Å². The molecule has 0 radical (unpaired) electrons. The Morgan fingerprint density at radius 2 is 2.06 bits per heavy atom. The summed E-state index contributed by atoms with van der Waals surface area (Å²) in [4.78, 5) is 32.0. The summed E-state index contributed by atoms with van der Waals surface area (Å²) in [5.41, 5.74) is 0.401. The molecule has 2 heterocycles. The molecule has 1 aromatic rings. The van der Waals surface area contributed by atoms with Crippen LogP contribution in [0, 0.1) is 5.92 Å². The van der Waals surface area contributed by atoms with Gasteiger partial charge in [-0.25, -0.2) is 9.97 Å². The minimum Gasteiger partial charge on any atom is -0.481 e. The zero-order valence-corrected chi connectivity index (χ0v) is 9.24. The summed E-state index contributed by atoms with van der Waals surface area (Å²) in [6.07, 6.45) is 5.59. The number of hydrogen-bond donors (Lipinski definition) is 1. The lowest BCUT2D eigenvalue weighted by Crippen LogP contribution is -2.42. The predicted octanol–water partition coefficient (Wildman–Crippen LogP) is 0.413. The number of amides is 1. The molecule has 1 amide bonds. The number of nitrogens with zero attached hydrogens (tertiary/aromatic N) is 3. The zero-order chi connectivity index (χ0) is 12.3. The van der Waals surface area contributed by atoms with Crippen LogP contribution in [0.1, 0.15) is 23.2 Å². The van der Waals surface area contributed by atoms with Gasteiger partial charge in [-0.1, -0.05) is 0 Å². The molecule has 6 heteroatoms. The lowest BCUT2D eigenvalue weighted by Gasteiger charge is -2.30. The fraction of sp³-hybridized carbons (Fsp3) is 0.455. The van der Waals surface area contributed by atoms with Gasteiger partial charge in [0.2, 0.25) is 0 Å². The second kappa shape index (κ2) is 4.90. The number of aromatic nitrogens is 2. The van der Waals surface area contributed by atoms with E-state index in [9.17, 15) is 9.59 Å². The first-order valence-corrected chi connectivity index (χ1v) is 5.45.